The third-order valence-electron chi connectivity index (χ3n) is 4.18. The molecule has 0 heterocycles. The molecule has 0 atom stereocenters. The van der Waals surface area contributed by atoms with Crippen LogP contribution in [0, 0.1) is 0 Å². The van der Waals surface area contributed by atoms with Crippen LogP contribution < -0.4 is 25.1 Å². The fourth-order valence-electron chi connectivity index (χ4n) is 2.57. The third kappa shape index (κ3) is 6.24. The van der Waals surface area contributed by atoms with Crippen LogP contribution in [0.4, 0.5) is 0 Å². The summed E-state index contributed by atoms with van der Waals surface area (Å²) in [6.07, 6.45) is 0.695. The van der Waals surface area contributed by atoms with Crippen molar-refractivity contribution in [2.75, 3.05) is 21.3 Å². The Morgan fingerprint density at radius 2 is 1.41 bits per heavy atom. The van der Waals surface area contributed by atoms with Gasteiger partial charge in [0, 0.05) is 24.0 Å². The highest BCUT2D eigenvalue weighted by Crippen LogP contribution is 2.27. The van der Waals surface area contributed by atoms with Gasteiger partial charge in [0.25, 0.3) is 5.91 Å². The number of ether oxygens (including phenoxy) is 3. The largest absolute Gasteiger partial charge is 0.497 e. The molecule has 0 aliphatic rings. The number of nitrogens with one attached hydrogen (secondary N) is 2. The van der Waals surface area contributed by atoms with E-state index in [0.29, 0.717) is 34.8 Å². The summed E-state index contributed by atoms with van der Waals surface area (Å²) in [5.41, 5.74) is 5.54. The number of carbonyl (C=O) groups excluding carboxylic acids is 3. The minimum Gasteiger partial charge on any atom is -0.497 e. The Hall–Kier alpha value is -3.55. The second kappa shape index (κ2) is 10.7. The standard InChI is InChI=1S/C21H24N2O6/c1-27-16-10-7-14(8-11-16)17(24)5-4-6-20(25)22-23-21(26)15-9-12-18(28-2)19(13-15)29-3/h7-13H,4-6H2,1-3H3,(H,22,25)(H,23,26). The van der Waals surface area contributed by atoms with E-state index < -0.39 is 5.91 Å². The molecule has 8 heteroatoms. The summed E-state index contributed by atoms with van der Waals surface area (Å²) in [5.74, 6) is 0.633. The van der Waals surface area contributed by atoms with Crippen LogP contribution in [0.3, 0.4) is 0 Å². The van der Waals surface area contributed by atoms with Crippen LogP contribution in [0.5, 0.6) is 17.2 Å². The van der Waals surface area contributed by atoms with E-state index in [-0.39, 0.29) is 24.5 Å². The summed E-state index contributed by atoms with van der Waals surface area (Å²) in [4.78, 5) is 36.2. The van der Waals surface area contributed by atoms with Crippen LogP contribution in [0.15, 0.2) is 42.5 Å². The Labute approximate surface area is 169 Å². The van der Waals surface area contributed by atoms with Gasteiger partial charge in [-0.1, -0.05) is 0 Å². The average Bonchev–Trinajstić information content (AvgIpc) is 2.76. The molecule has 2 rings (SSSR count). The first kappa shape index (κ1) is 21.7. The Morgan fingerprint density at radius 3 is 2.03 bits per heavy atom. The van der Waals surface area contributed by atoms with E-state index in [1.807, 2.05) is 0 Å². The normalized spacial score (nSPS) is 10.0. The van der Waals surface area contributed by atoms with E-state index in [2.05, 4.69) is 10.9 Å². The molecule has 0 unspecified atom stereocenters. The van der Waals surface area contributed by atoms with Crippen molar-refractivity contribution in [2.24, 2.45) is 0 Å². The smallest absolute Gasteiger partial charge is 0.269 e. The van der Waals surface area contributed by atoms with Gasteiger partial charge in [-0.05, 0) is 48.9 Å². The Balaban J connectivity index is 1.76. The second-order valence-corrected chi connectivity index (χ2v) is 6.08. The van der Waals surface area contributed by atoms with Crippen molar-refractivity contribution in [1.82, 2.24) is 10.9 Å². The minimum absolute atomic E-state index is 0.0604. The highest BCUT2D eigenvalue weighted by molar-refractivity contribution is 5.97. The fourth-order valence-corrected chi connectivity index (χ4v) is 2.57. The van der Waals surface area contributed by atoms with Crippen LogP contribution in [-0.2, 0) is 4.79 Å². The predicted octanol–water partition coefficient (Wildman–Crippen LogP) is 2.53. The lowest BCUT2D eigenvalue weighted by Gasteiger charge is -2.10. The maximum Gasteiger partial charge on any atom is 0.269 e. The number of hydrogen-bond donors (Lipinski definition) is 2. The molecule has 0 radical (unpaired) electrons. The SMILES string of the molecule is COc1ccc(C(=O)CCCC(=O)NNC(=O)c2ccc(OC)c(OC)c2)cc1. The molecule has 2 aromatic rings. The molecule has 0 saturated heterocycles. The van der Waals surface area contributed by atoms with Crippen molar-refractivity contribution in [3.8, 4) is 17.2 Å². The molecule has 0 aromatic heterocycles. The van der Waals surface area contributed by atoms with Gasteiger partial charge in [-0.2, -0.15) is 0 Å². The van der Waals surface area contributed by atoms with Crippen molar-refractivity contribution in [3.05, 3.63) is 53.6 Å². The molecule has 0 aliphatic carbocycles. The van der Waals surface area contributed by atoms with Crippen LogP contribution in [0.1, 0.15) is 40.0 Å². The Kier molecular flexibility index (Phi) is 8.02. The van der Waals surface area contributed by atoms with Crippen molar-refractivity contribution in [2.45, 2.75) is 19.3 Å². The van der Waals surface area contributed by atoms with Gasteiger partial charge in [0.15, 0.2) is 17.3 Å². The maximum atomic E-state index is 12.1. The number of ketones is 1. The quantitative estimate of drug-likeness (QED) is 0.495. The molecule has 2 amide bonds. The van der Waals surface area contributed by atoms with Gasteiger partial charge in [-0.15, -0.1) is 0 Å². The molecule has 0 spiro atoms. The Bertz CT molecular complexity index is 864. The van der Waals surface area contributed by atoms with E-state index in [0.717, 1.165) is 0 Å². The maximum absolute atomic E-state index is 12.1. The number of hydrogen-bond acceptors (Lipinski definition) is 6. The van der Waals surface area contributed by atoms with Gasteiger partial charge in [-0.25, -0.2) is 0 Å². The number of carbonyl (C=O) groups is 3. The van der Waals surface area contributed by atoms with Crippen LogP contribution in [-0.4, -0.2) is 38.9 Å². The Morgan fingerprint density at radius 1 is 0.759 bits per heavy atom. The van der Waals surface area contributed by atoms with Gasteiger partial charge in [0.05, 0.1) is 21.3 Å². The van der Waals surface area contributed by atoms with Crippen molar-refractivity contribution in [3.63, 3.8) is 0 Å². The first-order valence-electron chi connectivity index (χ1n) is 8.97. The zero-order valence-corrected chi connectivity index (χ0v) is 16.6. The number of methoxy groups -OCH3 is 3. The molecular formula is C21H24N2O6. The highest BCUT2D eigenvalue weighted by Gasteiger charge is 2.12. The van der Waals surface area contributed by atoms with Crippen LogP contribution in [0.2, 0.25) is 0 Å². The summed E-state index contributed by atoms with van der Waals surface area (Å²) >= 11 is 0. The summed E-state index contributed by atoms with van der Waals surface area (Å²) in [6, 6.07) is 11.5. The molecule has 154 valence electrons. The monoisotopic (exact) mass is 400 g/mol. The first-order valence-corrected chi connectivity index (χ1v) is 8.97. The summed E-state index contributed by atoms with van der Waals surface area (Å²) in [5, 5.41) is 0. The van der Waals surface area contributed by atoms with Crippen molar-refractivity contribution in [1.29, 1.82) is 0 Å². The molecule has 8 nitrogen and oxygen atoms in total. The molecule has 0 aliphatic heterocycles. The van der Waals surface area contributed by atoms with E-state index in [1.54, 1.807) is 43.5 Å². The molecular weight excluding hydrogens is 376 g/mol. The average molecular weight is 400 g/mol. The van der Waals surface area contributed by atoms with Gasteiger partial charge in [0.1, 0.15) is 5.75 Å². The lowest BCUT2D eigenvalue weighted by Crippen LogP contribution is -2.41. The summed E-state index contributed by atoms with van der Waals surface area (Å²) in [6.45, 7) is 0. The van der Waals surface area contributed by atoms with Gasteiger partial charge in [0.2, 0.25) is 5.91 Å². The number of amides is 2. The van der Waals surface area contributed by atoms with E-state index in [1.165, 1.54) is 20.3 Å². The van der Waals surface area contributed by atoms with E-state index >= 15 is 0 Å². The molecule has 0 fully saturated rings. The number of hydrazine groups is 1. The van der Waals surface area contributed by atoms with Crippen LogP contribution >= 0.6 is 0 Å². The summed E-state index contributed by atoms with van der Waals surface area (Å²) < 4.78 is 15.3. The zero-order valence-electron chi connectivity index (χ0n) is 16.6. The highest BCUT2D eigenvalue weighted by atomic mass is 16.5. The summed E-state index contributed by atoms with van der Waals surface area (Å²) in [7, 11) is 4.52. The van der Waals surface area contributed by atoms with Gasteiger partial charge in [-0.3, -0.25) is 25.2 Å². The lowest BCUT2D eigenvalue weighted by molar-refractivity contribution is -0.121. The number of benzene rings is 2. The molecule has 0 saturated carbocycles. The van der Waals surface area contributed by atoms with Crippen LogP contribution in [0.25, 0.3) is 0 Å². The molecule has 2 N–H and O–H groups in total. The second-order valence-electron chi connectivity index (χ2n) is 6.08. The number of Topliss-reactive ketones (excluding diaryl/α,β-unsaturated/α-hetero) is 1. The minimum atomic E-state index is -0.492. The van der Waals surface area contributed by atoms with E-state index in [9.17, 15) is 14.4 Å². The first-order chi connectivity index (χ1) is 14.0. The van der Waals surface area contributed by atoms with Gasteiger partial charge < -0.3 is 14.2 Å². The lowest BCUT2D eigenvalue weighted by atomic mass is 10.1. The van der Waals surface area contributed by atoms with E-state index in [4.69, 9.17) is 14.2 Å². The molecule has 2 aromatic carbocycles. The third-order valence-corrected chi connectivity index (χ3v) is 4.18. The van der Waals surface area contributed by atoms with Gasteiger partial charge >= 0.3 is 0 Å². The van der Waals surface area contributed by atoms with Crippen molar-refractivity contribution < 1.29 is 28.6 Å². The number of rotatable bonds is 9. The molecule has 0 bridgehead atoms. The van der Waals surface area contributed by atoms with Crippen molar-refractivity contribution >= 4 is 17.6 Å². The fraction of sp³-hybridized carbons (Fsp3) is 0.286. The zero-order chi connectivity index (χ0) is 21.2. The molecule has 29 heavy (non-hydrogen) atoms. The predicted molar refractivity (Wildman–Crippen MR) is 106 cm³/mol. The topological polar surface area (TPSA) is 103 Å².